The first-order chi connectivity index (χ1) is 15.2. The lowest BCUT2D eigenvalue weighted by molar-refractivity contribution is -0.116. The number of para-hydroxylation sites is 3. The lowest BCUT2D eigenvalue weighted by Gasteiger charge is -2.12. The van der Waals surface area contributed by atoms with Gasteiger partial charge in [-0.1, -0.05) is 30.3 Å². The number of fused-ring (bicyclic) bond motifs is 4. The Balaban J connectivity index is 1.35. The lowest BCUT2D eigenvalue weighted by atomic mass is 10.1. The van der Waals surface area contributed by atoms with Crippen LogP contribution in [-0.4, -0.2) is 22.6 Å². The largest absolute Gasteiger partial charge is 0.495 e. The summed E-state index contributed by atoms with van der Waals surface area (Å²) in [5.41, 5.74) is 4.03. The molecule has 0 saturated heterocycles. The van der Waals surface area contributed by atoms with Gasteiger partial charge in [-0.3, -0.25) is 4.79 Å². The van der Waals surface area contributed by atoms with Gasteiger partial charge in [0.2, 0.25) is 5.91 Å². The Kier molecular flexibility index (Phi) is 3.99. The predicted molar refractivity (Wildman–Crippen MR) is 121 cm³/mol. The van der Waals surface area contributed by atoms with Gasteiger partial charge < -0.3 is 19.0 Å². The number of carbonyl (C=O) groups excluding carboxylic acids is 1. The van der Waals surface area contributed by atoms with Crippen molar-refractivity contribution >= 4 is 44.6 Å². The Bertz CT molecular complexity index is 1460. The van der Waals surface area contributed by atoms with Crippen LogP contribution in [0.15, 0.2) is 65.1 Å². The fraction of sp³-hybridized carbons (Fsp3) is 0.200. The van der Waals surface area contributed by atoms with E-state index in [9.17, 15) is 4.79 Å². The molecule has 6 nitrogen and oxygen atoms in total. The molecular weight excluding hydrogens is 390 g/mol. The van der Waals surface area contributed by atoms with Crippen molar-refractivity contribution in [1.82, 2.24) is 9.55 Å². The van der Waals surface area contributed by atoms with Gasteiger partial charge in [0.05, 0.1) is 23.8 Å². The molecule has 1 amide bonds. The van der Waals surface area contributed by atoms with Crippen molar-refractivity contribution in [3.8, 4) is 5.75 Å². The molecule has 0 unspecified atom stereocenters. The molecule has 0 aliphatic heterocycles. The molecular formula is C25H21N3O3. The van der Waals surface area contributed by atoms with E-state index in [0.717, 1.165) is 46.1 Å². The number of aromatic nitrogens is 2. The third-order valence-corrected chi connectivity index (χ3v) is 5.90. The van der Waals surface area contributed by atoms with Crippen LogP contribution in [0.1, 0.15) is 24.6 Å². The molecule has 3 aromatic carbocycles. The predicted octanol–water partition coefficient (Wildman–Crippen LogP) is 5.46. The molecule has 1 fully saturated rings. The number of hydrogen-bond donors (Lipinski definition) is 1. The highest BCUT2D eigenvalue weighted by atomic mass is 16.5. The summed E-state index contributed by atoms with van der Waals surface area (Å²) in [5.74, 6) is 1.92. The van der Waals surface area contributed by atoms with E-state index in [1.807, 2.05) is 65.2 Å². The van der Waals surface area contributed by atoms with Gasteiger partial charge in [0.25, 0.3) is 0 Å². The molecule has 1 N–H and O–H groups in total. The smallest absolute Gasteiger partial charge is 0.244 e. The fourth-order valence-corrected chi connectivity index (χ4v) is 4.26. The zero-order valence-corrected chi connectivity index (χ0v) is 17.1. The molecule has 5 aromatic rings. The van der Waals surface area contributed by atoms with Crippen LogP contribution in [0.5, 0.6) is 5.75 Å². The van der Waals surface area contributed by atoms with Crippen LogP contribution in [0.25, 0.3) is 33.0 Å². The first kappa shape index (κ1) is 18.0. The Morgan fingerprint density at radius 3 is 2.74 bits per heavy atom. The SMILES string of the molecule is COc1cc2c(cc1NC(=O)Cn1c(C3CC3)nc3ccccc31)oc1ccccc12. The highest BCUT2D eigenvalue weighted by molar-refractivity contribution is 6.07. The number of carbonyl (C=O) groups is 1. The van der Waals surface area contributed by atoms with E-state index >= 15 is 0 Å². The molecule has 31 heavy (non-hydrogen) atoms. The van der Waals surface area contributed by atoms with Gasteiger partial charge in [-0.25, -0.2) is 4.98 Å². The summed E-state index contributed by atoms with van der Waals surface area (Å²) in [7, 11) is 1.60. The average molecular weight is 411 g/mol. The van der Waals surface area contributed by atoms with Crippen LogP contribution < -0.4 is 10.1 Å². The number of ether oxygens (including phenoxy) is 1. The number of methoxy groups -OCH3 is 1. The molecule has 0 radical (unpaired) electrons. The molecule has 0 atom stereocenters. The second kappa shape index (κ2) is 6.87. The highest BCUT2D eigenvalue weighted by Crippen LogP contribution is 2.41. The standard InChI is InChI=1S/C25H21N3O3/c1-30-23-12-17-16-6-2-5-9-21(16)31-22(17)13-19(23)26-24(29)14-28-20-8-4-3-7-18(20)27-25(28)15-10-11-15/h2-9,12-13,15H,10-11,14H2,1H3,(H,26,29). The number of rotatable bonds is 5. The van der Waals surface area contributed by atoms with Gasteiger partial charge in [0.15, 0.2) is 0 Å². The van der Waals surface area contributed by atoms with E-state index in [2.05, 4.69) is 5.32 Å². The van der Waals surface area contributed by atoms with Gasteiger partial charge >= 0.3 is 0 Å². The minimum atomic E-state index is -0.126. The minimum absolute atomic E-state index is 0.126. The Labute approximate surface area is 178 Å². The zero-order chi connectivity index (χ0) is 20.9. The molecule has 1 aliphatic carbocycles. The highest BCUT2D eigenvalue weighted by Gasteiger charge is 2.30. The van der Waals surface area contributed by atoms with Crippen LogP contribution >= 0.6 is 0 Å². The second-order valence-electron chi connectivity index (χ2n) is 8.01. The zero-order valence-electron chi connectivity index (χ0n) is 17.1. The van der Waals surface area contributed by atoms with Crippen molar-refractivity contribution in [2.75, 3.05) is 12.4 Å². The van der Waals surface area contributed by atoms with Crippen LogP contribution in [-0.2, 0) is 11.3 Å². The minimum Gasteiger partial charge on any atom is -0.495 e. The van der Waals surface area contributed by atoms with Crippen molar-refractivity contribution < 1.29 is 13.9 Å². The molecule has 6 rings (SSSR count). The first-order valence-corrected chi connectivity index (χ1v) is 10.5. The molecule has 0 spiro atoms. The number of anilines is 1. The Morgan fingerprint density at radius 1 is 1.10 bits per heavy atom. The molecule has 1 saturated carbocycles. The summed E-state index contributed by atoms with van der Waals surface area (Å²) in [6.07, 6.45) is 2.25. The van der Waals surface area contributed by atoms with Crippen molar-refractivity contribution in [3.63, 3.8) is 0 Å². The maximum absolute atomic E-state index is 13.0. The number of hydrogen-bond acceptors (Lipinski definition) is 4. The van der Waals surface area contributed by atoms with Gasteiger partial charge in [-0.2, -0.15) is 0 Å². The molecule has 0 bridgehead atoms. The fourth-order valence-electron chi connectivity index (χ4n) is 4.26. The summed E-state index contributed by atoms with van der Waals surface area (Å²) >= 11 is 0. The van der Waals surface area contributed by atoms with Crippen LogP contribution in [0.3, 0.4) is 0 Å². The number of furan rings is 1. The van der Waals surface area contributed by atoms with E-state index in [0.29, 0.717) is 22.9 Å². The monoisotopic (exact) mass is 411 g/mol. The topological polar surface area (TPSA) is 69.3 Å². The van der Waals surface area contributed by atoms with Crippen molar-refractivity contribution in [2.24, 2.45) is 0 Å². The number of nitrogens with one attached hydrogen (secondary N) is 1. The third-order valence-electron chi connectivity index (χ3n) is 5.90. The lowest BCUT2D eigenvalue weighted by Crippen LogP contribution is -2.20. The van der Waals surface area contributed by atoms with E-state index in [4.69, 9.17) is 14.1 Å². The van der Waals surface area contributed by atoms with Crippen molar-refractivity contribution in [3.05, 3.63) is 66.5 Å². The third kappa shape index (κ3) is 3.03. The number of nitrogens with zero attached hydrogens (tertiary/aromatic N) is 2. The van der Waals surface area contributed by atoms with E-state index in [-0.39, 0.29) is 12.5 Å². The van der Waals surface area contributed by atoms with Crippen LogP contribution in [0.2, 0.25) is 0 Å². The maximum Gasteiger partial charge on any atom is 0.244 e. The molecule has 2 aromatic heterocycles. The second-order valence-corrected chi connectivity index (χ2v) is 8.01. The number of imidazole rings is 1. The van der Waals surface area contributed by atoms with Gasteiger partial charge in [-0.15, -0.1) is 0 Å². The van der Waals surface area contributed by atoms with E-state index < -0.39 is 0 Å². The summed E-state index contributed by atoms with van der Waals surface area (Å²) in [6, 6.07) is 19.6. The molecule has 1 aliphatic rings. The quantitative estimate of drug-likeness (QED) is 0.417. The molecule has 2 heterocycles. The van der Waals surface area contributed by atoms with Crippen LogP contribution in [0, 0.1) is 0 Å². The summed E-state index contributed by atoms with van der Waals surface area (Å²) in [6.45, 7) is 0.202. The molecule has 6 heteroatoms. The maximum atomic E-state index is 13.0. The number of amides is 1. The van der Waals surface area contributed by atoms with E-state index in [1.165, 1.54) is 0 Å². The summed E-state index contributed by atoms with van der Waals surface area (Å²) in [4.78, 5) is 17.8. The normalized spacial score (nSPS) is 13.8. The Morgan fingerprint density at radius 2 is 1.90 bits per heavy atom. The van der Waals surface area contributed by atoms with Gasteiger partial charge in [0.1, 0.15) is 29.3 Å². The van der Waals surface area contributed by atoms with Crippen LogP contribution in [0.4, 0.5) is 5.69 Å². The first-order valence-electron chi connectivity index (χ1n) is 10.5. The van der Waals surface area contributed by atoms with Gasteiger partial charge in [0, 0.05) is 22.8 Å². The molecule has 154 valence electrons. The van der Waals surface area contributed by atoms with Gasteiger partial charge in [-0.05, 0) is 37.1 Å². The van der Waals surface area contributed by atoms with Crippen molar-refractivity contribution in [1.29, 1.82) is 0 Å². The van der Waals surface area contributed by atoms with E-state index in [1.54, 1.807) is 7.11 Å². The Hall–Kier alpha value is -3.80. The number of benzene rings is 3. The van der Waals surface area contributed by atoms with Crippen molar-refractivity contribution in [2.45, 2.75) is 25.3 Å². The average Bonchev–Trinajstić information content (AvgIpc) is 3.48. The summed E-state index contributed by atoms with van der Waals surface area (Å²) < 4.78 is 13.6. The summed E-state index contributed by atoms with van der Waals surface area (Å²) in [5, 5.41) is 5.00.